The summed E-state index contributed by atoms with van der Waals surface area (Å²) in [6, 6.07) is 6.16. The number of sulfonamides is 1. The smallest absolute Gasteiger partial charge is 0.223 e. The van der Waals surface area contributed by atoms with Crippen molar-refractivity contribution in [2.45, 2.75) is 63.6 Å². The van der Waals surface area contributed by atoms with E-state index in [1.807, 2.05) is 24.4 Å². The lowest BCUT2D eigenvalue weighted by molar-refractivity contribution is 0.0261. The van der Waals surface area contributed by atoms with Gasteiger partial charge in [-0.25, -0.2) is 23.1 Å². The molecule has 9 heteroatoms. The molecule has 2 N–H and O–H groups in total. The molecule has 1 aliphatic carbocycles. The minimum Gasteiger partial charge on any atom is -0.488 e. The van der Waals surface area contributed by atoms with Crippen molar-refractivity contribution >= 4 is 26.9 Å². The molecule has 1 aromatic heterocycles. The predicted octanol–water partition coefficient (Wildman–Crippen LogP) is 2.85. The molecule has 0 amide bonds. The summed E-state index contributed by atoms with van der Waals surface area (Å²) in [6.45, 7) is 3.12. The van der Waals surface area contributed by atoms with Crippen LogP contribution < -0.4 is 14.8 Å². The minimum atomic E-state index is -3.15. The zero-order chi connectivity index (χ0) is 21.0. The van der Waals surface area contributed by atoms with E-state index in [1.165, 1.54) is 0 Å². The molecule has 1 aromatic carbocycles. The lowest BCUT2D eigenvalue weighted by Crippen LogP contribution is -2.40. The van der Waals surface area contributed by atoms with E-state index in [9.17, 15) is 8.42 Å². The van der Waals surface area contributed by atoms with Crippen LogP contribution in [0.5, 0.6) is 5.75 Å². The number of fused-ring (bicyclic) bond motifs is 1. The van der Waals surface area contributed by atoms with Gasteiger partial charge in [0.15, 0.2) is 0 Å². The number of rotatable bonds is 7. The average molecular weight is 435 g/mol. The van der Waals surface area contributed by atoms with Crippen molar-refractivity contribution in [1.29, 1.82) is 0 Å². The molecular weight excluding hydrogens is 404 g/mol. The summed E-state index contributed by atoms with van der Waals surface area (Å²) in [4.78, 5) is 9.21. The first-order valence-electron chi connectivity index (χ1n) is 10.8. The lowest BCUT2D eigenvalue weighted by Gasteiger charge is -2.29. The van der Waals surface area contributed by atoms with Crippen molar-refractivity contribution in [2.24, 2.45) is 0 Å². The van der Waals surface area contributed by atoms with E-state index in [0.29, 0.717) is 5.95 Å². The zero-order valence-corrected chi connectivity index (χ0v) is 18.2. The Morgan fingerprint density at radius 3 is 2.57 bits per heavy atom. The fourth-order valence-corrected chi connectivity index (χ4v) is 4.95. The van der Waals surface area contributed by atoms with Gasteiger partial charge in [-0.1, -0.05) is 12.1 Å². The van der Waals surface area contributed by atoms with Gasteiger partial charge in [0.2, 0.25) is 16.0 Å². The standard InChI is InChI=1S/C21H30N4O4S/c1-2-30(26,27)25-17-8-6-16(7-9-17)23-21-22-14-15-4-3-5-19(20(15)24-21)29-18-10-12-28-13-11-18/h3-5,14,16-18,25H,2,6-13H2,1H3,(H,22,23,24)/t16-,17-. The highest BCUT2D eigenvalue weighted by atomic mass is 32.2. The normalized spacial score (nSPS) is 23.4. The number of anilines is 1. The van der Waals surface area contributed by atoms with Crippen molar-refractivity contribution in [2.75, 3.05) is 24.3 Å². The number of hydrogen-bond acceptors (Lipinski definition) is 7. The van der Waals surface area contributed by atoms with Crippen molar-refractivity contribution < 1.29 is 17.9 Å². The molecule has 0 radical (unpaired) electrons. The molecule has 0 atom stereocenters. The minimum absolute atomic E-state index is 0.0185. The molecule has 1 saturated carbocycles. The number of benzene rings is 1. The second-order valence-electron chi connectivity index (χ2n) is 8.03. The Bertz CT molecular complexity index is 955. The fourth-order valence-electron chi connectivity index (χ4n) is 4.04. The highest BCUT2D eigenvalue weighted by molar-refractivity contribution is 7.89. The summed E-state index contributed by atoms with van der Waals surface area (Å²) in [7, 11) is -3.15. The Hall–Kier alpha value is -1.97. The molecule has 2 aromatic rings. The van der Waals surface area contributed by atoms with Crippen LogP contribution >= 0.6 is 0 Å². The van der Waals surface area contributed by atoms with Crippen LogP contribution in [0.1, 0.15) is 45.4 Å². The summed E-state index contributed by atoms with van der Waals surface area (Å²) in [6.07, 6.45) is 7.11. The highest BCUT2D eigenvalue weighted by Crippen LogP contribution is 2.28. The summed E-state index contributed by atoms with van der Waals surface area (Å²) < 4.78 is 38.0. The number of ether oxygens (including phenoxy) is 2. The van der Waals surface area contributed by atoms with E-state index >= 15 is 0 Å². The van der Waals surface area contributed by atoms with Gasteiger partial charge in [0, 0.05) is 36.5 Å². The van der Waals surface area contributed by atoms with E-state index in [-0.39, 0.29) is 23.9 Å². The van der Waals surface area contributed by atoms with Crippen molar-refractivity contribution in [3.05, 3.63) is 24.4 Å². The van der Waals surface area contributed by atoms with Crippen LogP contribution in [0.25, 0.3) is 10.9 Å². The molecule has 2 aliphatic rings. The third kappa shape index (κ3) is 5.39. The first-order chi connectivity index (χ1) is 14.5. The monoisotopic (exact) mass is 434 g/mol. The van der Waals surface area contributed by atoms with Crippen molar-refractivity contribution in [1.82, 2.24) is 14.7 Å². The quantitative estimate of drug-likeness (QED) is 0.691. The van der Waals surface area contributed by atoms with Crippen LogP contribution in [0, 0.1) is 0 Å². The Labute approximate surface area is 177 Å². The van der Waals surface area contributed by atoms with Crippen LogP contribution in [0.4, 0.5) is 5.95 Å². The maximum absolute atomic E-state index is 11.8. The van der Waals surface area contributed by atoms with Gasteiger partial charge >= 0.3 is 0 Å². The predicted molar refractivity (Wildman–Crippen MR) is 116 cm³/mol. The maximum Gasteiger partial charge on any atom is 0.223 e. The number of nitrogens with zero attached hydrogens (tertiary/aromatic N) is 2. The fraction of sp³-hybridized carbons (Fsp3) is 0.619. The molecule has 2 fully saturated rings. The van der Waals surface area contributed by atoms with Gasteiger partial charge in [-0.2, -0.15) is 0 Å². The maximum atomic E-state index is 11.8. The van der Waals surface area contributed by atoms with Crippen molar-refractivity contribution in [3.8, 4) is 5.75 Å². The summed E-state index contributed by atoms with van der Waals surface area (Å²) in [5.41, 5.74) is 0.811. The Kier molecular flexibility index (Phi) is 6.70. The molecule has 8 nitrogen and oxygen atoms in total. The molecule has 30 heavy (non-hydrogen) atoms. The summed E-state index contributed by atoms with van der Waals surface area (Å²) in [5.74, 6) is 1.49. The SMILES string of the molecule is CCS(=O)(=O)N[C@H]1CC[C@H](Nc2ncc3cccc(OC4CCOCC4)c3n2)CC1. The average Bonchev–Trinajstić information content (AvgIpc) is 2.76. The first-order valence-corrected chi connectivity index (χ1v) is 12.4. The number of nitrogens with one attached hydrogen (secondary N) is 2. The van der Waals surface area contributed by atoms with Crippen LogP contribution in [-0.2, 0) is 14.8 Å². The van der Waals surface area contributed by atoms with Gasteiger partial charge in [-0.05, 0) is 38.7 Å². The lowest BCUT2D eigenvalue weighted by atomic mass is 9.92. The number of para-hydroxylation sites is 1. The topological polar surface area (TPSA) is 102 Å². The first kappa shape index (κ1) is 21.3. The van der Waals surface area contributed by atoms with Gasteiger partial charge < -0.3 is 14.8 Å². The molecule has 0 spiro atoms. The van der Waals surface area contributed by atoms with E-state index in [0.717, 1.165) is 68.4 Å². The van der Waals surface area contributed by atoms with Crippen LogP contribution in [-0.4, -0.2) is 55.5 Å². The van der Waals surface area contributed by atoms with Crippen LogP contribution in [0.2, 0.25) is 0 Å². The molecule has 0 unspecified atom stereocenters. The van der Waals surface area contributed by atoms with E-state index in [4.69, 9.17) is 14.5 Å². The zero-order valence-electron chi connectivity index (χ0n) is 17.3. The van der Waals surface area contributed by atoms with Crippen LogP contribution in [0.15, 0.2) is 24.4 Å². The van der Waals surface area contributed by atoms with Gasteiger partial charge in [0.25, 0.3) is 0 Å². The number of hydrogen-bond donors (Lipinski definition) is 2. The molecule has 1 saturated heterocycles. The number of aromatic nitrogens is 2. The molecule has 0 bridgehead atoms. The second-order valence-corrected chi connectivity index (χ2v) is 10.1. The molecule has 4 rings (SSSR count). The van der Waals surface area contributed by atoms with Crippen molar-refractivity contribution in [3.63, 3.8) is 0 Å². The molecule has 1 aliphatic heterocycles. The highest BCUT2D eigenvalue weighted by Gasteiger charge is 2.25. The Morgan fingerprint density at radius 1 is 1.10 bits per heavy atom. The largest absolute Gasteiger partial charge is 0.488 e. The summed E-state index contributed by atoms with van der Waals surface area (Å²) >= 11 is 0. The molecular formula is C21H30N4O4S. The Morgan fingerprint density at radius 2 is 1.83 bits per heavy atom. The van der Waals surface area contributed by atoms with E-state index in [1.54, 1.807) is 6.92 Å². The van der Waals surface area contributed by atoms with Gasteiger partial charge in [0.1, 0.15) is 17.4 Å². The van der Waals surface area contributed by atoms with E-state index in [2.05, 4.69) is 15.0 Å². The van der Waals surface area contributed by atoms with Gasteiger partial charge in [-0.3, -0.25) is 0 Å². The van der Waals surface area contributed by atoms with Crippen LogP contribution in [0.3, 0.4) is 0 Å². The molecule has 164 valence electrons. The van der Waals surface area contributed by atoms with Gasteiger partial charge in [0.05, 0.1) is 19.0 Å². The van der Waals surface area contributed by atoms with E-state index < -0.39 is 10.0 Å². The Balaban J connectivity index is 1.40. The molecule has 2 heterocycles. The third-order valence-corrected chi connectivity index (χ3v) is 7.27. The summed E-state index contributed by atoms with van der Waals surface area (Å²) in [5, 5.41) is 4.37. The second kappa shape index (κ2) is 9.45. The van der Waals surface area contributed by atoms with Gasteiger partial charge in [-0.15, -0.1) is 0 Å². The third-order valence-electron chi connectivity index (χ3n) is 5.82.